The standard InChI is InChI=1S/C26H26N2O5/c1-32-20-11-12-22-18(14-20)8-5-13-26(22)24(30)28(25(31)27-26)15-19(29)16-33-23-10-4-7-17-6-2-3-9-21(17)23/h2-4,6-7,9-12,14,19,29H,5,8,13,15-16H2,1H3,(H,27,31). The lowest BCUT2D eigenvalue weighted by atomic mass is 9.76. The zero-order valence-electron chi connectivity index (χ0n) is 18.4. The van der Waals surface area contributed by atoms with Crippen molar-refractivity contribution in [2.24, 2.45) is 0 Å². The summed E-state index contributed by atoms with van der Waals surface area (Å²) in [6.07, 6.45) is 1.09. The Hall–Kier alpha value is -3.58. The number of fused-ring (bicyclic) bond motifs is 3. The van der Waals surface area contributed by atoms with Gasteiger partial charge in [-0.05, 0) is 54.0 Å². The molecule has 0 radical (unpaired) electrons. The van der Waals surface area contributed by atoms with Crippen LogP contribution >= 0.6 is 0 Å². The highest BCUT2D eigenvalue weighted by Gasteiger charge is 2.54. The van der Waals surface area contributed by atoms with Crippen LogP contribution in [0.25, 0.3) is 10.8 Å². The van der Waals surface area contributed by atoms with E-state index in [0.717, 1.165) is 45.4 Å². The van der Waals surface area contributed by atoms with Crippen LogP contribution in [0.2, 0.25) is 0 Å². The maximum Gasteiger partial charge on any atom is 0.325 e. The summed E-state index contributed by atoms with van der Waals surface area (Å²) in [6, 6.07) is 18.6. The van der Waals surface area contributed by atoms with Crippen LogP contribution in [0, 0.1) is 0 Å². The molecule has 2 aliphatic rings. The number of carbonyl (C=O) groups is 2. The molecule has 1 spiro atoms. The van der Waals surface area contributed by atoms with Crippen LogP contribution in [0.15, 0.2) is 60.7 Å². The Labute approximate surface area is 191 Å². The van der Waals surface area contributed by atoms with Crippen LogP contribution < -0.4 is 14.8 Å². The minimum absolute atomic E-state index is 0.0359. The third kappa shape index (κ3) is 3.68. The second-order valence-corrected chi connectivity index (χ2v) is 8.57. The molecule has 0 bridgehead atoms. The Balaban J connectivity index is 1.31. The summed E-state index contributed by atoms with van der Waals surface area (Å²) in [5, 5.41) is 15.5. The van der Waals surface area contributed by atoms with Crippen LogP contribution in [0.4, 0.5) is 4.79 Å². The number of hydrogen-bond donors (Lipinski definition) is 2. The summed E-state index contributed by atoms with van der Waals surface area (Å²) < 4.78 is 11.2. The number of imide groups is 1. The number of amides is 3. The molecule has 2 unspecified atom stereocenters. The van der Waals surface area contributed by atoms with Crippen molar-refractivity contribution in [1.82, 2.24) is 10.2 Å². The Kier molecular flexibility index (Phi) is 5.42. The van der Waals surface area contributed by atoms with Crippen LogP contribution in [0.5, 0.6) is 11.5 Å². The van der Waals surface area contributed by atoms with Crippen molar-refractivity contribution in [3.8, 4) is 11.5 Å². The number of nitrogens with one attached hydrogen (secondary N) is 1. The van der Waals surface area contributed by atoms with E-state index in [-0.39, 0.29) is 19.1 Å². The third-order valence-electron chi connectivity index (χ3n) is 6.52. The summed E-state index contributed by atoms with van der Waals surface area (Å²) >= 11 is 0. The van der Waals surface area contributed by atoms with Crippen LogP contribution in [0.3, 0.4) is 0 Å². The second-order valence-electron chi connectivity index (χ2n) is 8.57. The minimum Gasteiger partial charge on any atom is -0.497 e. The quantitative estimate of drug-likeness (QED) is 0.567. The maximum atomic E-state index is 13.5. The molecule has 3 aromatic rings. The van der Waals surface area contributed by atoms with Crippen molar-refractivity contribution >= 4 is 22.7 Å². The molecule has 7 heteroatoms. The number of carbonyl (C=O) groups excluding carboxylic acids is 2. The van der Waals surface area contributed by atoms with E-state index in [1.54, 1.807) is 13.2 Å². The van der Waals surface area contributed by atoms with Gasteiger partial charge >= 0.3 is 6.03 Å². The molecular weight excluding hydrogens is 420 g/mol. The zero-order valence-corrected chi connectivity index (χ0v) is 18.4. The van der Waals surface area contributed by atoms with Gasteiger partial charge in [0.15, 0.2) is 0 Å². The second kappa shape index (κ2) is 8.41. The Morgan fingerprint density at radius 2 is 1.94 bits per heavy atom. The number of aryl methyl sites for hydroxylation is 1. The number of rotatable bonds is 6. The predicted octanol–water partition coefficient (Wildman–Crippen LogP) is 3.37. The molecule has 1 aliphatic heterocycles. The number of benzene rings is 3. The van der Waals surface area contributed by atoms with E-state index >= 15 is 0 Å². The largest absolute Gasteiger partial charge is 0.497 e. The van der Waals surface area contributed by atoms with Crippen LogP contribution in [-0.4, -0.2) is 48.3 Å². The van der Waals surface area contributed by atoms with Gasteiger partial charge in [0.05, 0.1) is 13.7 Å². The van der Waals surface area contributed by atoms with Crippen molar-refractivity contribution in [2.75, 3.05) is 20.3 Å². The number of ether oxygens (including phenoxy) is 2. The summed E-state index contributed by atoms with van der Waals surface area (Å²) in [5.41, 5.74) is 0.709. The lowest BCUT2D eigenvalue weighted by Gasteiger charge is -2.33. The van der Waals surface area contributed by atoms with Gasteiger partial charge in [-0.25, -0.2) is 4.79 Å². The van der Waals surface area contributed by atoms with Gasteiger partial charge in [-0.1, -0.05) is 42.5 Å². The third-order valence-corrected chi connectivity index (χ3v) is 6.52. The number of hydrogen-bond acceptors (Lipinski definition) is 5. The molecule has 33 heavy (non-hydrogen) atoms. The highest BCUT2D eigenvalue weighted by Crippen LogP contribution is 2.41. The highest BCUT2D eigenvalue weighted by molar-refractivity contribution is 6.07. The smallest absolute Gasteiger partial charge is 0.325 e. The van der Waals surface area contributed by atoms with Crippen molar-refractivity contribution in [3.63, 3.8) is 0 Å². The van der Waals surface area contributed by atoms with Gasteiger partial charge in [0.2, 0.25) is 0 Å². The fourth-order valence-corrected chi connectivity index (χ4v) is 4.91. The Morgan fingerprint density at radius 3 is 2.79 bits per heavy atom. The number of urea groups is 1. The number of aliphatic hydroxyl groups excluding tert-OH is 1. The molecule has 3 amide bonds. The van der Waals surface area contributed by atoms with Gasteiger partial charge in [0.25, 0.3) is 5.91 Å². The van der Waals surface area contributed by atoms with Gasteiger partial charge in [-0.3, -0.25) is 9.69 Å². The molecule has 7 nitrogen and oxygen atoms in total. The van der Waals surface area contributed by atoms with Crippen molar-refractivity contribution in [2.45, 2.75) is 30.9 Å². The van der Waals surface area contributed by atoms with Crippen molar-refractivity contribution in [1.29, 1.82) is 0 Å². The number of aliphatic hydroxyl groups is 1. The Morgan fingerprint density at radius 1 is 1.12 bits per heavy atom. The van der Waals surface area contributed by atoms with Gasteiger partial charge in [0.1, 0.15) is 29.7 Å². The van der Waals surface area contributed by atoms with Crippen LogP contribution in [-0.2, 0) is 16.8 Å². The molecule has 3 aromatic carbocycles. The number of methoxy groups -OCH3 is 1. The average Bonchev–Trinajstić information content (AvgIpc) is 3.07. The average molecular weight is 447 g/mol. The molecule has 1 saturated heterocycles. The molecular formula is C26H26N2O5. The molecule has 5 rings (SSSR count). The van der Waals surface area contributed by atoms with Gasteiger partial charge in [-0.2, -0.15) is 0 Å². The van der Waals surface area contributed by atoms with E-state index in [1.165, 1.54) is 0 Å². The van der Waals surface area contributed by atoms with E-state index < -0.39 is 17.7 Å². The fraction of sp³-hybridized carbons (Fsp3) is 0.308. The molecule has 2 N–H and O–H groups in total. The highest BCUT2D eigenvalue weighted by atomic mass is 16.5. The molecule has 1 fully saturated rings. The topological polar surface area (TPSA) is 88.1 Å². The lowest BCUT2D eigenvalue weighted by molar-refractivity contribution is -0.133. The first-order valence-corrected chi connectivity index (χ1v) is 11.1. The fourth-order valence-electron chi connectivity index (χ4n) is 4.91. The van der Waals surface area contributed by atoms with Crippen molar-refractivity contribution < 1.29 is 24.2 Å². The van der Waals surface area contributed by atoms with E-state index in [2.05, 4.69) is 5.32 Å². The van der Waals surface area contributed by atoms with E-state index in [1.807, 2.05) is 54.6 Å². The van der Waals surface area contributed by atoms with E-state index in [0.29, 0.717) is 12.2 Å². The Bertz CT molecular complexity index is 1220. The summed E-state index contributed by atoms with van der Waals surface area (Å²) in [6.45, 7) is -0.172. The van der Waals surface area contributed by atoms with Crippen LogP contribution in [0.1, 0.15) is 24.0 Å². The molecule has 2 atom stereocenters. The molecule has 1 aliphatic carbocycles. The summed E-state index contributed by atoms with van der Waals surface area (Å²) in [5.74, 6) is 1.04. The first kappa shape index (κ1) is 21.3. The van der Waals surface area contributed by atoms with Gasteiger partial charge < -0.3 is 19.9 Å². The maximum absolute atomic E-state index is 13.5. The van der Waals surface area contributed by atoms with Gasteiger partial charge in [-0.15, -0.1) is 0 Å². The normalized spacial score (nSPS) is 20.6. The minimum atomic E-state index is -1.09. The monoisotopic (exact) mass is 446 g/mol. The zero-order chi connectivity index (χ0) is 23.0. The SMILES string of the molecule is COc1ccc2c(c1)CCCC21NC(=O)N(CC(O)COc2cccc3ccccc23)C1=O. The van der Waals surface area contributed by atoms with E-state index in [9.17, 15) is 14.7 Å². The first-order chi connectivity index (χ1) is 16.0. The number of nitrogens with zero attached hydrogens (tertiary/aromatic N) is 1. The summed E-state index contributed by atoms with van der Waals surface area (Å²) in [7, 11) is 1.60. The molecule has 170 valence electrons. The summed E-state index contributed by atoms with van der Waals surface area (Å²) in [4.78, 5) is 27.4. The molecule has 0 saturated carbocycles. The van der Waals surface area contributed by atoms with Gasteiger partial charge in [0, 0.05) is 5.39 Å². The predicted molar refractivity (Wildman–Crippen MR) is 123 cm³/mol. The molecule has 0 aromatic heterocycles. The molecule has 1 heterocycles. The lowest BCUT2D eigenvalue weighted by Crippen LogP contribution is -2.47. The van der Waals surface area contributed by atoms with Crippen molar-refractivity contribution in [3.05, 3.63) is 71.8 Å². The first-order valence-electron chi connectivity index (χ1n) is 11.1. The number of β-amino-alcohol motifs (C(OH)–C–C–N with tert-alkyl or cyclic N) is 1. The van der Waals surface area contributed by atoms with E-state index in [4.69, 9.17) is 9.47 Å².